The van der Waals surface area contributed by atoms with Gasteiger partial charge in [-0.3, -0.25) is 0 Å². The molecule has 0 saturated heterocycles. The first-order valence-electron chi connectivity index (χ1n) is 4.40. The standard InChI is InChI=1S/C10H11F3N2/c1-5(2)10(14)15-9-4-7(12)6(11)3-8(9)13/h3-5H,1-2H3,(H2,14,15). The van der Waals surface area contributed by atoms with E-state index >= 15 is 0 Å². The van der Waals surface area contributed by atoms with Crippen LogP contribution in [0.3, 0.4) is 0 Å². The fourth-order valence-corrected chi connectivity index (χ4v) is 0.866. The van der Waals surface area contributed by atoms with Crippen molar-refractivity contribution in [2.24, 2.45) is 16.6 Å². The van der Waals surface area contributed by atoms with E-state index < -0.39 is 17.5 Å². The Bertz CT molecular complexity index is 400. The third-order valence-corrected chi connectivity index (χ3v) is 1.83. The van der Waals surface area contributed by atoms with Gasteiger partial charge in [0.1, 0.15) is 11.5 Å². The fourth-order valence-electron chi connectivity index (χ4n) is 0.866. The number of hydrogen-bond acceptors (Lipinski definition) is 1. The lowest BCUT2D eigenvalue weighted by Crippen LogP contribution is -2.18. The molecule has 0 spiro atoms. The average Bonchev–Trinajstić information content (AvgIpc) is 2.13. The lowest BCUT2D eigenvalue weighted by atomic mass is 10.2. The van der Waals surface area contributed by atoms with Gasteiger partial charge in [0.05, 0.1) is 0 Å². The second-order valence-corrected chi connectivity index (χ2v) is 3.41. The number of hydrogen-bond donors (Lipinski definition) is 1. The number of amidine groups is 1. The minimum Gasteiger partial charge on any atom is -0.387 e. The van der Waals surface area contributed by atoms with Gasteiger partial charge in [0.2, 0.25) is 0 Å². The summed E-state index contributed by atoms with van der Waals surface area (Å²) in [5, 5.41) is 0. The van der Waals surface area contributed by atoms with Crippen LogP contribution in [0.4, 0.5) is 18.9 Å². The highest BCUT2D eigenvalue weighted by molar-refractivity contribution is 5.84. The predicted octanol–water partition coefficient (Wildman–Crippen LogP) is 2.75. The summed E-state index contributed by atoms with van der Waals surface area (Å²) >= 11 is 0. The minimum atomic E-state index is -1.24. The molecule has 1 rings (SSSR count). The number of benzene rings is 1. The third kappa shape index (κ3) is 2.71. The summed E-state index contributed by atoms with van der Waals surface area (Å²) in [6, 6.07) is 1.13. The van der Waals surface area contributed by atoms with Crippen molar-refractivity contribution in [3.05, 3.63) is 29.6 Å². The van der Waals surface area contributed by atoms with Gasteiger partial charge in [-0.1, -0.05) is 13.8 Å². The van der Waals surface area contributed by atoms with Crippen LogP contribution in [-0.2, 0) is 0 Å². The Balaban J connectivity index is 3.16. The van der Waals surface area contributed by atoms with Crippen LogP contribution >= 0.6 is 0 Å². The molecule has 0 radical (unpaired) electrons. The number of nitrogens with zero attached hydrogens (tertiary/aromatic N) is 1. The smallest absolute Gasteiger partial charge is 0.161 e. The molecule has 0 aliphatic carbocycles. The maximum Gasteiger partial charge on any atom is 0.161 e. The minimum absolute atomic E-state index is 0.0856. The quantitative estimate of drug-likeness (QED) is 0.460. The number of rotatable bonds is 2. The Hall–Kier alpha value is -1.52. The summed E-state index contributed by atoms with van der Waals surface area (Å²) in [6.07, 6.45) is 0. The lowest BCUT2D eigenvalue weighted by molar-refractivity contribution is 0.496. The molecule has 0 unspecified atom stereocenters. The average molecular weight is 216 g/mol. The van der Waals surface area contributed by atoms with E-state index in [2.05, 4.69) is 4.99 Å². The molecule has 1 aromatic rings. The van der Waals surface area contributed by atoms with Gasteiger partial charge in [0, 0.05) is 18.1 Å². The van der Waals surface area contributed by atoms with Gasteiger partial charge in [-0.05, 0) is 0 Å². The maximum atomic E-state index is 13.1. The molecular weight excluding hydrogens is 205 g/mol. The molecular formula is C10H11F3N2. The summed E-state index contributed by atoms with van der Waals surface area (Å²) in [6.45, 7) is 3.52. The zero-order valence-corrected chi connectivity index (χ0v) is 8.39. The van der Waals surface area contributed by atoms with Crippen LogP contribution in [0.5, 0.6) is 0 Å². The summed E-state index contributed by atoms with van der Waals surface area (Å²) in [5.74, 6) is -3.24. The van der Waals surface area contributed by atoms with Gasteiger partial charge >= 0.3 is 0 Å². The van der Waals surface area contributed by atoms with E-state index in [1.807, 2.05) is 0 Å². The molecule has 0 atom stereocenters. The van der Waals surface area contributed by atoms with Crippen molar-refractivity contribution in [2.45, 2.75) is 13.8 Å². The fraction of sp³-hybridized carbons (Fsp3) is 0.300. The van der Waals surface area contributed by atoms with Gasteiger partial charge < -0.3 is 5.73 Å². The van der Waals surface area contributed by atoms with Gasteiger partial charge in [-0.2, -0.15) is 0 Å². The first-order valence-corrected chi connectivity index (χ1v) is 4.40. The highest BCUT2D eigenvalue weighted by Crippen LogP contribution is 2.21. The van der Waals surface area contributed by atoms with E-state index in [9.17, 15) is 13.2 Å². The highest BCUT2D eigenvalue weighted by atomic mass is 19.2. The van der Waals surface area contributed by atoms with Crippen molar-refractivity contribution in [1.82, 2.24) is 0 Å². The number of halogens is 3. The summed E-state index contributed by atoms with van der Waals surface area (Å²) in [7, 11) is 0. The zero-order valence-electron chi connectivity index (χ0n) is 8.39. The van der Waals surface area contributed by atoms with Gasteiger partial charge in [-0.15, -0.1) is 0 Å². The molecule has 0 aliphatic heterocycles. The lowest BCUT2D eigenvalue weighted by Gasteiger charge is -2.04. The molecule has 0 aliphatic rings. The molecule has 0 aromatic heterocycles. The number of nitrogens with two attached hydrogens (primary N) is 1. The van der Waals surface area contributed by atoms with Gasteiger partial charge in [0.15, 0.2) is 17.5 Å². The third-order valence-electron chi connectivity index (χ3n) is 1.83. The Morgan fingerprint density at radius 2 is 1.67 bits per heavy atom. The molecule has 5 heteroatoms. The summed E-state index contributed by atoms with van der Waals surface area (Å²) < 4.78 is 38.4. The monoisotopic (exact) mass is 216 g/mol. The van der Waals surface area contributed by atoms with Crippen LogP contribution in [0, 0.1) is 23.4 Å². The van der Waals surface area contributed by atoms with Crippen molar-refractivity contribution in [2.75, 3.05) is 0 Å². The van der Waals surface area contributed by atoms with E-state index in [0.29, 0.717) is 12.1 Å². The van der Waals surface area contributed by atoms with Crippen molar-refractivity contribution in [3.63, 3.8) is 0 Å². The van der Waals surface area contributed by atoms with Crippen molar-refractivity contribution < 1.29 is 13.2 Å². The van der Waals surface area contributed by atoms with Crippen molar-refractivity contribution in [1.29, 1.82) is 0 Å². The summed E-state index contributed by atoms with van der Waals surface area (Å²) in [4.78, 5) is 3.67. The van der Waals surface area contributed by atoms with Crippen LogP contribution in [0.25, 0.3) is 0 Å². The van der Waals surface area contributed by atoms with E-state index in [1.54, 1.807) is 13.8 Å². The van der Waals surface area contributed by atoms with E-state index in [1.165, 1.54) is 0 Å². The molecule has 0 fully saturated rings. The van der Waals surface area contributed by atoms with Crippen LogP contribution in [-0.4, -0.2) is 5.84 Å². The van der Waals surface area contributed by atoms with Gasteiger partial charge in [0.25, 0.3) is 0 Å². The Labute approximate surface area is 85.6 Å². The second-order valence-electron chi connectivity index (χ2n) is 3.41. The SMILES string of the molecule is CC(C)C(N)=Nc1cc(F)c(F)cc1F. The zero-order chi connectivity index (χ0) is 11.6. The van der Waals surface area contributed by atoms with Crippen LogP contribution in [0.15, 0.2) is 17.1 Å². The maximum absolute atomic E-state index is 13.1. The highest BCUT2D eigenvalue weighted by Gasteiger charge is 2.10. The molecule has 0 saturated carbocycles. The molecule has 82 valence electrons. The van der Waals surface area contributed by atoms with Crippen LogP contribution in [0.2, 0.25) is 0 Å². The van der Waals surface area contributed by atoms with Crippen molar-refractivity contribution >= 4 is 11.5 Å². The molecule has 1 aromatic carbocycles. The predicted molar refractivity (Wildman–Crippen MR) is 52.4 cm³/mol. The number of aliphatic imine (C=N–C) groups is 1. The normalized spacial score (nSPS) is 12.3. The Morgan fingerprint density at radius 1 is 1.13 bits per heavy atom. The molecule has 0 heterocycles. The van der Waals surface area contributed by atoms with E-state index in [-0.39, 0.29) is 17.4 Å². The Kier molecular flexibility index (Phi) is 3.34. The topological polar surface area (TPSA) is 38.4 Å². The summed E-state index contributed by atoms with van der Waals surface area (Å²) in [5.41, 5.74) is 5.18. The van der Waals surface area contributed by atoms with E-state index in [0.717, 1.165) is 0 Å². The largest absolute Gasteiger partial charge is 0.387 e. The molecule has 2 N–H and O–H groups in total. The molecule has 2 nitrogen and oxygen atoms in total. The molecule has 0 bridgehead atoms. The van der Waals surface area contributed by atoms with Gasteiger partial charge in [-0.25, -0.2) is 18.2 Å². The second kappa shape index (κ2) is 4.33. The first kappa shape index (κ1) is 11.6. The molecule has 0 amide bonds. The Morgan fingerprint density at radius 3 is 2.20 bits per heavy atom. The van der Waals surface area contributed by atoms with Crippen LogP contribution < -0.4 is 5.73 Å². The van der Waals surface area contributed by atoms with E-state index in [4.69, 9.17) is 5.73 Å². The molecule has 15 heavy (non-hydrogen) atoms. The van der Waals surface area contributed by atoms with Crippen molar-refractivity contribution in [3.8, 4) is 0 Å². The van der Waals surface area contributed by atoms with Crippen LogP contribution in [0.1, 0.15) is 13.8 Å². The first-order chi connectivity index (χ1) is 6.91.